The number of aliphatic hydroxyl groups excluding tert-OH is 1. The zero-order valence-corrected chi connectivity index (χ0v) is 7.61. The highest BCUT2D eigenvalue weighted by molar-refractivity contribution is 5.22. The summed E-state index contributed by atoms with van der Waals surface area (Å²) in [5, 5.41) is 12.4. The third-order valence-electron chi connectivity index (χ3n) is 2.77. The van der Waals surface area contributed by atoms with Crippen LogP contribution in [0.15, 0.2) is 30.3 Å². The zero-order chi connectivity index (χ0) is 9.10. The second kappa shape index (κ2) is 3.90. The predicted octanol–water partition coefficient (Wildman–Crippen LogP) is 1.12. The van der Waals surface area contributed by atoms with Gasteiger partial charge in [-0.2, -0.15) is 0 Å². The molecule has 1 aromatic carbocycles. The Hall–Kier alpha value is -0.860. The smallest absolute Gasteiger partial charge is 0.0590 e. The van der Waals surface area contributed by atoms with E-state index in [0.29, 0.717) is 5.92 Å². The normalized spacial score (nSPS) is 27.8. The van der Waals surface area contributed by atoms with E-state index in [9.17, 15) is 0 Å². The predicted molar refractivity (Wildman–Crippen MR) is 52.7 cm³/mol. The monoisotopic (exact) mass is 177 g/mol. The summed E-state index contributed by atoms with van der Waals surface area (Å²) in [6.45, 7) is 1.25. The summed E-state index contributed by atoms with van der Waals surface area (Å²) in [7, 11) is 0. The number of benzene rings is 1. The molecular formula is C11H15NO. The van der Waals surface area contributed by atoms with Crippen molar-refractivity contribution in [2.75, 3.05) is 13.2 Å². The largest absolute Gasteiger partial charge is 0.395 e. The van der Waals surface area contributed by atoms with Crippen molar-refractivity contribution in [3.8, 4) is 0 Å². The van der Waals surface area contributed by atoms with Gasteiger partial charge in [-0.25, -0.2) is 0 Å². The average Bonchev–Trinajstić information content (AvgIpc) is 2.67. The van der Waals surface area contributed by atoms with Crippen LogP contribution in [0.4, 0.5) is 0 Å². The van der Waals surface area contributed by atoms with Crippen LogP contribution in [0.5, 0.6) is 0 Å². The first-order valence-corrected chi connectivity index (χ1v) is 4.81. The van der Waals surface area contributed by atoms with Crippen LogP contribution in [0, 0.1) is 0 Å². The maximum absolute atomic E-state index is 9.14. The molecule has 1 saturated heterocycles. The van der Waals surface area contributed by atoms with Crippen LogP contribution in [0.25, 0.3) is 0 Å². The summed E-state index contributed by atoms with van der Waals surface area (Å²) in [4.78, 5) is 0. The molecule has 0 saturated carbocycles. The van der Waals surface area contributed by atoms with Crippen molar-refractivity contribution >= 4 is 0 Å². The number of hydrogen-bond acceptors (Lipinski definition) is 2. The van der Waals surface area contributed by atoms with Crippen LogP contribution in [0.3, 0.4) is 0 Å². The first-order valence-electron chi connectivity index (χ1n) is 4.81. The zero-order valence-electron chi connectivity index (χ0n) is 7.61. The van der Waals surface area contributed by atoms with Crippen molar-refractivity contribution in [2.45, 2.75) is 18.4 Å². The fraction of sp³-hybridized carbons (Fsp3) is 0.455. The van der Waals surface area contributed by atoms with Crippen molar-refractivity contribution in [1.82, 2.24) is 5.32 Å². The molecule has 0 spiro atoms. The molecule has 2 heteroatoms. The van der Waals surface area contributed by atoms with E-state index in [1.807, 2.05) is 6.07 Å². The highest BCUT2D eigenvalue weighted by Gasteiger charge is 2.26. The van der Waals surface area contributed by atoms with Gasteiger partial charge in [0.05, 0.1) is 6.61 Å². The quantitative estimate of drug-likeness (QED) is 0.709. The second-order valence-electron chi connectivity index (χ2n) is 3.55. The van der Waals surface area contributed by atoms with Gasteiger partial charge in [0, 0.05) is 12.0 Å². The minimum absolute atomic E-state index is 0.236. The summed E-state index contributed by atoms with van der Waals surface area (Å²) < 4.78 is 0. The van der Waals surface area contributed by atoms with E-state index in [-0.39, 0.29) is 12.6 Å². The van der Waals surface area contributed by atoms with Gasteiger partial charge < -0.3 is 10.4 Å². The fourth-order valence-corrected chi connectivity index (χ4v) is 2.06. The molecule has 0 aromatic heterocycles. The topological polar surface area (TPSA) is 32.3 Å². The molecule has 70 valence electrons. The summed E-state index contributed by atoms with van der Waals surface area (Å²) >= 11 is 0. The van der Waals surface area contributed by atoms with Gasteiger partial charge in [0.15, 0.2) is 0 Å². The SMILES string of the molecule is OC[C@H]1NCC[C@@H]1c1ccccc1. The lowest BCUT2D eigenvalue weighted by Gasteiger charge is -2.17. The third-order valence-corrected chi connectivity index (χ3v) is 2.77. The molecule has 1 aliphatic rings. The molecular weight excluding hydrogens is 162 g/mol. The Bertz CT molecular complexity index is 260. The molecule has 0 radical (unpaired) electrons. The molecule has 0 unspecified atom stereocenters. The van der Waals surface area contributed by atoms with E-state index in [1.165, 1.54) is 5.56 Å². The Kier molecular flexibility index (Phi) is 2.62. The van der Waals surface area contributed by atoms with Crippen LogP contribution in [-0.4, -0.2) is 24.3 Å². The molecule has 2 N–H and O–H groups in total. The summed E-state index contributed by atoms with van der Waals surface area (Å²) in [5.41, 5.74) is 1.34. The standard InChI is InChI=1S/C11H15NO/c13-8-11-10(6-7-12-11)9-4-2-1-3-5-9/h1-5,10-13H,6-8H2/t10-,11-/m1/s1. The molecule has 2 rings (SSSR count). The van der Waals surface area contributed by atoms with E-state index in [1.54, 1.807) is 0 Å². The molecule has 1 aromatic rings. The molecule has 0 aliphatic carbocycles. The van der Waals surface area contributed by atoms with E-state index < -0.39 is 0 Å². The van der Waals surface area contributed by atoms with Crippen LogP contribution in [0.2, 0.25) is 0 Å². The van der Waals surface area contributed by atoms with Crippen molar-refractivity contribution < 1.29 is 5.11 Å². The highest BCUT2D eigenvalue weighted by Crippen LogP contribution is 2.26. The van der Waals surface area contributed by atoms with E-state index >= 15 is 0 Å². The lowest BCUT2D eigenvalue weighted by Crippen LogP contribution is -2.29. The fourth-order valence-electron chi connectivity index (χ4n) is 2.06. The number of rotatable bonds is 2. The summed E-state index contributed by atoms with van der Waals surface area (Å²) in [6, 6.07) is 10.7. The third kappa shape index (κ3) is 1.74. The van der Waals surface area contributed by atoms with Crippen molar-refractivity contribution in [3.05, 3.63) is 35.9 Å². The number of hydrogen-bond donors (Lipinski definition) is 2. The van der Waals surface area contributed by atoms with Gasteiger partial charge in [-0.1, -0.05) is 30.3 Å². The molecule has 2 nitrogen and oxygen atoms in total. The Morgan fingerprint density at radius 1 is 1.31 bits per heavy atom. The van der Waals surface area contributed by atoms with Gasteiger partial charge in [-0.15, -0.1) is 0 Å². The van der Waals surface area contributed by atoms with E-state index in [4.69, 9.17) is 5.11 Å². The number of nitrogens with one attached hydrogen (secondary N) is 1. The molecule has 1 aliphatic heterocycles. The molecule has 0 amide bonds. The molecule has 0 bridgehead atoms. The first-order chi connectivity index (χ1) is 6.42. The van der Waals surface area contributed by atoms with Crippen LogP contribution in [0.1, 0.15) is 17.9 Å². The van der Waals surface area contributed by atoms with Crippen LogP contribution >= 0.6 is 0 Å². The molecule has 13 heavy (non-hydrogen) atoms. The highest BCUT2D eigenvalue weighted by atomic mass is 16.3. The number of aliphatic hydroxyl groups is 1. The minimum atomic E-state index is 0.236. The van der Waals surface area contributed by atoms with Gasteiger partial charge >= 0.3 is 0 Å². The van der Waals surface area contributed by atoms with Crippen molar-refractivity contribution in [1.29, 1.82) is 0 Å². The molecule has 1 fully saturated rings. The lowest BCUT2D eigenvalue weighted by atomic mass is 9.92. The van der Waals surface area contributed by atoms with Crippen molar-refractivity contribution in [2.24, 2.45) is 0 Å². The van der Waals surface area contributed by atoms with Gasteiger partial charge in [0.2, 0.25) is 0 Å². The van der Waals surface area contributed by atoms with Gasteiger partial charge in [-0.3, -0.25) is 0 Å². The average molecular weight is 177 g/mol. The maximum Gasteiger partial charge on any atom is 0.0590 e. The van der Waals surface area contributed by atoms with Gasteiger partial charge in [-0.05, 0) is 18.5 Å². The molecule has 1 heterocycles. The Morgan fingerprint density at radius 2 is 2.08 bits per heavy atom. The summed E-state index contributed by atoms with van der Waals surface area (Å²) in [6.07, 6.45) is 1.13. The second-order valence-corrected chi connectivity index (χ2v) is 3.55. The van der Waals surface area contributed by atoms with Crippen LogP contribution < -0.4 is 5.32 Å². The Labute approximate surface area is 78.6 Å². The van der Waals surface area contributed by atoms with E-state index in [0.717, 1.165) is 13.0 Å². The van der Waals surface area contributed by atoms with Crippen molar-refractivity contribution in [3.63, 3.8) is 0 Å². The first kappa shape index (κ1) is 8.73. The van der Waals surface area contributed by atoms with E-state index in [2.05, 4.69) is 29.6 Å². The van der Waals surface area contributed by atoms with Crippen LogP contribution in [-0.2, 0) is 0 Å². The lowest BCUT2D eigenvalue weighted by molar-refractivity contribution is 0.245. The van der Waals surface area contributed by atoms with Gasteiger partial charge in [0.1, 0.15) is 0 Å². The Morgan fingerprint density at radius 3 is 2.77 bits per heavy atom. The van der Waals surface area contributed by atoms with Gasteiger partial charge in [0.25, 0.3) is 0 Å². The maximum atomic E-state index is 9.14. The Balaban J connectivity index is 2.16. The molecule has 2 atom stereocenters. The minimum Gasteiger partial charge on any atom is -0.395 e. The summed E-state index contributed by atoms with van der Waals surface area (Å²) in [5.74, 6) is 0.492.